The number of imide groups is 2. The molecule has 0 spiro atoms. The Bertz CT molecular complexity index is 2020. The van der Waals surface area contributed by atoms with E-state index in [4.69, 9.17) is 0 Å². The Labute approximate surface area is 289 Å². The van der Waals surface area contributed by atoms with Gasteiger partial charge in [-0.15, -0.1) is 0 Å². The molecule has 0 radical (unpaired) electrons. The third kappa shape index (κ3) is 4.58. The smallest absolute Gasteiger partial charge is 0.277 e. The van der Waals surface area contributed by atoms with Crippen molar-refractivity contribution in [3.05, 3.63) is 82.4 Å². The largest absolute Gasteiger partial charge is 0.364 e. The quantitative estimate of drug-likeness (QED) is 0.274. The third-order valence-corrected chi connectivity index (χ3v) is 11.2. The standard InChI is InChI=1S/C38H40N8O4/c1-41-35(47)31-29-23-9-3-5-11-25(23)39-27(29)13-7-8-14-28-30(24-10-4-6-12-26(24)40-28)32-34(38(50)42(2)36(32)48)44-17-21-46(22-18-44)45-19-15-43(16-20-45)33(31)37(41)49/h3-6,9-12,39-40H,7-8,13-22H2,1-2H3. The first-order chi connectivity index (χ1) is 24.3. The fourth-order valence-electron chi connectivity index (χ4n) is 8.64. The van der Waals surface area contributed by atoms with E-state index in [1.807, 2.05) is 48.5 Å². The van der Waals surface area contributed by atoms with Crippen molar-refractivity contribution >= 4 is 56.6 Å². The second-order valence-corrected chi connectivity index (χ2v) is 13.9. The lowest BCUT2D eigenvalue weighted by atomic mass is 9.95. The molecule has 9 heterocycles. The number of aromatic nitrogens is 2. The average molecular weight is 673 g/mol. The minimum atomic E-state index is -0.260. The highest BCUT2D eigenvalue weighted by Crippen LogP contribution is 2.40. The lowest BCUT2D eigenvalue weighted by Gasteiger charge is -2.45. The van der Waals surface area contributed by atoms with Gasteiger partial charge >= 0.3 is 0 Å². The Balaban J connectivity index is 1.17. The van der Waals surface area contributed by atoms with E-state index in [2.05, 4.69) is 29.8 Å². The van der Waals surface area contributed by atoms with E-state index in [1.54, 1.807) is 14.1 Å². The van der Waals surface area contributed by atoms with Gasteiger partial charge in [0.15, 0.2) is 0 Å². The molecule has 4 bridgehead atoms. The molecule has 7 aliphatic heterocycles. The van der Waals surface area contributed by atoms with E-state index >= 15 is 0 Å². The highest BCUT2D eigenvalue weighted by molar-refractivity contribution is 6.38. The normalized spacial score (nSPS) is 23.5. The first-order valence-corrected chi connectivity index (χ1v) is 17.6. The van der Waals surface area contributed by atoms with Gasteiger partial charge < -0.3 is 19.8 Å². The van der Waals surface area contributed by atoms with E-state index in [1.165, 1.54) is 9.80 Å². The second kappa shape index (κ2) is 11.7. The summed E-state index contributed by atoms with van der Waals surface area (Å²) in [5.74, 6) is -1.02. The van der Waals surface area contributed by atoms with Crippen molar-refractivity contribution in [2.45, 2.75) is 25.7 Å². The van der Waals surface area contributed by atoms with E-state index in [0.717, 1.165) is 57.2 Å². The van der Waals surface area contributed by atoms with Gasteiger partial charge in [-0.25, -0.2) is 10.0 Å². The van der Waals surface area contributed by atoms with Crippen molar-refractivity contribution in [3.8, 4) is 0 Å². The SMILES string of the molecule is CN1C(=O)C2=C(C1=O)N1CCN(CC1)N1CCN(CC1)C1=C(C(=O)N(C)C1=O)c1c([nH]c3ccccc13)CCCCc1[nH]c3ccccc3c12. The summed E-state index contributed by atoms with van der Waals surface area (Å²) in [5, 5.41) is 6.54. The van der Waals surface area contributed by atoms with E-state index in [0.29, 0.717) is 87.7 Å². The Hall–Kier alpha value is -5.20. The number of carbonyl (C=O) groups is 4. The fraction of sp³-hybridized carbons (Fsp3) is 0.368. The number of hydrazine groups is 1. The Morgan fingerprint density at radius 3 is 1.28 bits per heavy atom. The summed E-state index contributed by atoms with van der Waals surface area (Å²) in [6.45, 7) is 5.26. The highest BCUT2D eigenvalue weighted by atomic mass is 16.2. The summed E-state index contributed by atoms with van der Waals surface area (Å²) in [4.78, 5) is 69.4. The van der Waals surface area contributed by atoms with Crippen LogP contribution in [0.25, 0.3) is 33.0 Å². The van der Waals surface area contributed by atoms with Gasteiger partial charge in [-0.2, -0.15) is 0 Å². The molecule has 2 N–H and O–H groups in total. The number of fused-ring (bicyclic) bond motifs is 4. The molecule has 4 amide bonds. The van der Waals surface area contributed by atoms with Crippen LogP contribution in [-0.2, 0) is 32.0 Å². The molecule has 2 aromatic carbocycles. The first kappa shape index (κ1) is 30.8. The topological polar surface area (TPSA) is 119 Å². The minimum absolute atomic E-state index is 0.249. The van der Waals surface area contributed by atoms with Gasteiger partial charge in [-0.1, -0.05) is 36.4 Å². The summed E-state index contributed by atoms with van der Waals surface area (Å²) in [5.41, 5.74) is 7.39. The zero-order chi connectivity index (χ0) is 34.3. The summed E-state index contributed by atoms with van der Waals surface area (Å²) in [6.07, 6.45) is 2.95. The molecule has 4 aromatic rings. The molecule has 7 aliphatic rings. The predicted octanol–water partition coefficient (Wildman–Crippen LogP) is 2.80. The molecule has 2 fully saturated rings. The van der Waals surface area contributed by atoms with Crippen LogP contribution in [0.3, 0.4) is 0 Å². The molecule has 0 unspecified atom stereocenters. The number of H-pyrrole nitrogens is 2. The van der Waals surface area contributed by atoms with E-state index < -0.39 is 0 Å². The van der Waals surface area contributed by atoms with Gasteiger partial charge in [0.2, 0.25) is 0 Å². The number of hydrogen-bond acceptors (Lipinski definition) is 8. The number of carbonyl (C=O) groups excluding carboxylic acids is 4. The molecule has 0 aliphatic carbocycles. The summed E-state index contributed by atoms with van der Waals surface area (Å²) >= 11 is 0. The number of nitrogens with zero attached hydrogens (tertiary/aromatic N) is 6. The average Bonchev–Trinajstić information content (AvgIpc) is 3.82. The van der Waals surface area contributed by atoms with Crippen LogP contribution in [0, 0.1) is 0 Å². The Morgan fingerprint density at radius 2 is 0.880 bits per heavy atom. The van der Waals surface area contributed by atoms with Crippen LogP contribution in [0.1, 0.15) is 35.4 Å². The predicted molar refractivity (Wildman–Crippen MR) is 189 cm³/mol. The van der Waals surface area contributed by atoms with Gasteiger partial charge in [0.25, 0.3) is 23.6 Å². The minimum Gasteiger partial charge on any atom is -0.364 e. The van der Waals surface area contributed by atoms with Crippen LogP contribution >= 0.6 is 0 Å². The number of aryl methyl sites for hydroxylation is 2. The number of hydrogen-bond donors (Lipinski definition) is 2. The summed E-state index contributed by atoms with van der Waals surface area (Å²) < 4.78 is 0. The number of para-hydroxylation sites is 2. The van der Waals surface area contributed by atoms with Crippen LogP contribution in [-0.4, -0.2) is 130 Å². The van der Waals surface area contributed by atoms with Gasteiger partial charge in [-0.3, -0.25) is 29.0 Å². The van der Waals surface area contributed by atoms with Crippen molar-refractivity contribution in [2.24, 2.45) is 0 Å². The van der Waals surface area contributed by atoms with Crippen molar-refractivity contribution < 1.29 is 19.2 Å². The third-order valence-electron chi connectivity index (χ3n) is 11.2. The molecule has 2 aromatic heterocycles. The number of nitrogens with one attached hydrogen (secondary N) is 2. The lowest BCUT2D eigenvalue weighted by molar-refractivity contribution is -0.138. The maximum absolute atomic E-state index is 13.9. The van der Waals surface area contributed by atoms with Gasteiger partial charge in [-0.05, 0) is 37.8 Å². The fourth-order valence-corrected chi connectivity index (χ4v) is 8.64. The van der Waals surface area contributed by atoms with Crippen LogP contribution in [0.2, 0.25) is 0 Å². The Morgan fingerprint density at radius 1 is 0.500 bits per heavy atom. The summed E-state index contributed by atoms with van der Waals surface area (Å²) in [6, 6.07) is 16.0. The maximum atomic E-state index is 13.9. The number of rotatable bonds is 0. The molecule has 12 heteroatoms. The molecule has 2 saturated heterocycles. The number of piperazine rings is 2. The number of likely N-dealkylation sites (N-methyl/N-ethyl adjacent to an activating group) is 2. The van der Waals surface area contributed by atoms with Gasteiger partial charge in [0.1, 0.15) is 11.4 Å². The number of amides is 4. The molecule has 256 valence electrons. The van der Waals surface area contributed by atoms with Crippen molar-refractivity contribution in [3.63, 3.8) is 0 Å². The molecular weight excluding hydrogens is 632 g/mol. The zero-order valence-corrected chi connectivity index (χ0v) is 28.4. The van der Waals surface area contributed by atoms with Crippen molar-refractivity contribution in [1.29, 1.82) is 0 Å². The van der Waals surface area contributed by atoms with Gasteiger partial charge in [0.05, 0.1) is 11.1 Å². The lowest BCUT2D eigenvalue weighted by Crippen LogP contribution is -2.59. The van der Waals surface area contributed by atoms with E-state index in [9.17, 15) is 19.2 Å². The second-order valence-electron chi connectivity index (χ2n) is 13.9. The van der Waals surface area contributed by atoms with Crippen molar-refractivity contribution in [2.75, 3.05) is 66.5 Å². The number of aromatic amines is 2. The molecule has 12 nitrogen and oxygen atoms in total. The first-order valence-electron chi connectivity index (χ1n) is 17.6. The van der Waals surface area contributed by atoms with Gasteiger partial charge in [0, 0.05) is 111 Å². The highest BCUT2D eigenvalue weighted by Gasteiger charge is 2.44. The van der Waals surface area contributed by atoms with Crippen LogP contribution in [0.4, 0.5) is 0 Å². The number of benzene rings is 2. The summed E-state index contributed by atoms with van der Waals surface area (Å²) in [7, 11) is 3.17. The van der Waals surface area contributed by atoms with Crippen LogP contribution in [0.5, 0.6) is 0 Å². The Kier molecular flexibility index (Phi) is 7.22. The monoisotopic (exact) mass is 672 g/mol. The zero-order valence-electron chi connectivity index (χ0n) is 28.4. The van der Waals surface area contributed by atoms with E-state index in [-0.39, 0.29) is 23.6 Å². The molecule has 11 rings (SSSR count). The molecule has 0 atom stereocenters. The maximum Gasteiger partial charge on any atom is 0.277 e. The van der Waals surface area contributed by atoms with Crippen LogP contribution in [0.15, 0.2) is 59.9 Å². The molecule has 50 heavy (non-hydrogen) atoms. The molecule has 0 saturated carbocycles. The van der Waals surface area contributed by atoms with Crippen LogP contribution < -0.4 is 0 Å². The molecular formula is C38H40N8O4. The van der Waals surface area contributed by atoms with Crippen molar-refractivity contribution in [1.82, 2.24) is 39.6 Å².